The van der Waals surface area contributed by atoms with Gasteiger partial charge in [0.25, 0.3) is 0 Å². The van der Waals surface area contributed by atoms with Crippen molar-refractivity contribution in [2.75, 3.05) is 0 Å². The fourth-order valence-corrected chi connectivity index (χ4v) is 4.09. The van der Waals surface area contributed by atoms with Gasteiger partial charge >= 0.3 is 0 Å². The number of hydrogen-bond donors (Lipinski definition) is 0. The highest BCUT2D eigenvalue weighted by Gasteiger charge is 2.25. The Labute approximate surface area is 141 Å². The van der Waals surface area contributed by atoms with Gasteiger partial charge in [-0.25, -0.2) is 4.99 Å². The summed E-state index contributed by atoms with van der Waals surface area (Å²) in [6.45, 7) is 2.11. The fourth-order valence-electron chi connectivity index (χ4n) is 2.83. The van der Waals surface area contributed by atoms with Gasteiger partial charge < -0.3 is 0 Å². The minimum absolute atomic E-state index is 0.293. The SMILES string of the molecule is Cc1ccc(C2=Nc3ccccc3C(c3ccccc3)S2)cc1. The Morgan fingerprint density at radius 1 is 0.783 bits per heavy atom. The van der Waals surface area contributed by atoms with Crippen LogP contribution in [-0.2, 0) is 0 Å². The Bertz CT molecular complexity index is 851. The Kier molecular flexibility index (Phi) is 3.76. The van der Waals surface area contributed by atoms with Crippen LogP contribution in [0.5, 0.6) is 0 Å². The molecule has 0 aromatic heterocycles. The van der Waals surface area contributed by atoms with Crippen molar-refractivity contribution >= 4 is 22.5 Å². The van der Waals surface area contributed by atoms with E-state index < -0.39 is 0 Å². The van der Waals surface area contributed by atoms with Crippen molar-refractivity contribution in [2.24, 2.45) is 4.99 Å². The molecule has 1 heterocycles. The zero-order valence-corrected chi connectivity index (χ0v) is 13.8. The van der Waals surface area contributed by atoms with Gasteiger partial charge in [-0.2, -0.15) is 0 Å². The molecular weight excluding hydrogens is 298 g/mol. The van der Waals surface area contributed by atoms with E-state index in [1.54, 1.807) is 0 Å². The van der Waals surface area contributed by atoms with E-state index >= 15 is 0 Å². The number of rotatable bonds is 2. The summed E-state index contributed by atoms with van der Waals surface area (Å²) < 4.78 is 0. The molecule has 1 aliphatic rings. The Balaban J connectivity index is 1.82. The van der Waals surface area contributed by atoms with E-state index in [0.717, 1.165) is 10.7 Å². The summed E-state index contributed by atoms with van der Waals surface area (Å²) in [5.74, 6) is 0. The molecule has 0 N–H and O–H groups in total. The summed E-state index contributed by atoms with van der Waals surface area (Å²) in [4.78, 5) is 4.90. The average Bonchev–Trinajstić information content (AvgIpc) is 2.62. The lowest BCUT2D eigenvalue weighted by atomic mass is 10.0. The third-order valence-corrected chi connectivity index (χ3v) is 5.38. The summed E-state index contributed by atoms with van der Waals surface area (Å²) >= 11 is 1.84. The summed E-state index contributed by atoms with van der Waals surface area (Å²) in [5.41, 5.74) is 6.16. The first-order valence-electron chi connectivity index (χ1n) is 7.77. The predicted octanol–water partition coefficient (Wildman–Crippen LogP) is 5.91. The lowest BCUT2D eigenvalue weighted by Gasteiger charge is -2.24. The number of aliphatic imine (C=N–C) groups is 1. The normalized spacial score (nSPS) is 16.6. The second-order valence-corrected chi connectivity index (χ2v) is 6.84. The van der Waals surface area contributed by atoms with Crippen molar-refractivity contribution in [1.29, 1.82) is 0 Å². The molecule has 23 heavy (non-hydrogen) atoms. The van der Waals surface area contributed by atoms with Crippen LogP contribution in [0.3, 0.4) is 0 Å². The molecule has 4 rings (SSSR count). The minimum Gasteiger partial charge on any atom is -0.241 e. The molecule has 2 heteroatoms. The van der Waals surface area contributed by atoms with Crippen molar-refractivity contribution in [2.45, 2.75) is 12.2 Å². The first-order chi connectivity index (χ1) is 11.3. The van der Waals surface area contributed by atoms with E-state index in [4.69, 9.17) is 4.99 Å². The van der Waals surface area contributed by atoms with Crippen LogP contribution in [0.15, 0.2) is 83.9 Å². The van der Waals surface area contributed by atoms with Gasteiger partial charge in [0.05, 0.1) is 10.9 Å². The van der Waals surface area contributed by atoms with E-state index in [1.807, 2.05) is 11.8 Å². The maximum atomic E-state index is 4.90. The van der Waals surface area contributed by atoms with Crippen LogP contribution in [0, 0.1) is 6.92 Å². The van der Waals surface area contributed by atoms with Crippen molar-refractivity contribution in [1.82, 2.24) is 0 Å². The monoisotopic (exact) mass is 315 g/mol. The van der Waals surface area contributed by atoms with Crippen LogP contribution in [0.1, 0.15) is 27.5 Å². The molecule has 0 bridgehead atoms. The third kappa shape index (κ3) is 2.82. The largest absolute Gasteiger partial charge is 0.241 e. The Morgan fingerprint density at radius 2 is 1.48 bits per heavy atom. The maximum absolute atomic E-state index is 4.90. The molecule has 3 aromatic rings. The van der Waals surface area contributed by atoms with Gasteiger partial charge in [0.2, 0.25) is 0 Å². The van der Waals surface area contributed by atoms with Gasteiger partial charge in [0.15, 0.2) is 0 Å². The van der Waals surface area contributed by atoms with E-state index in [1.165, 1.54) is 22.3 Å². The number of nitrogens with zero attached hydrogens (tertiary/aromatic N) is 1. The van der Waals surface area contributed by atoms with Crippen LogP contribution >= 0.6 is 11.8 Å². The van der Waals surface area contributed by atoms with Gasteiger partial charge in [0, 0.05) is 5.56 Å². The molecule has 0 fully saturated rings. The second kappa shape index (κ2) is 6.05. The third-order valence-electron chi connectivity index (χ3n) is 4.07. The molecule has 0 amide bonds. The van der Waals surface area contributed by atoms with Crippen LogP contribution in [0.2, 0.25) is 0 Å². The summed E-state index contributed by atoms with van der Waals surface area (Å²) in [7, 11) is 0. The van der Waals surface area contributed by atoms with Gasteiger partial charge in [0.1, 0.15) is 5.04 Å². The molecule has 1 aliphatic heterocycles. The van der Waals surface area contributed by atoms with Gasteiger partial charge in [-0.15, -0.1) is 0 Å². The smallest absolute Gasteiger partial charge is 0.105 e. The second-order valence-electron chi connectivity index (χ2n) is 5.75. The molecule has 1 nitrogen and oxygen atoms in total. The van der Waals surface area contributed by atoms with Crippen molar-refractivity contribution in [3.05, 3.63) is 101 Å². The van der Waals surface area contributed by atoms with E-state index in [-0.39, 0.29) is 0 Å². The number of fused-ring (bicyclic) bond motifs is 1. The van der Waals surface area contributed by atoms with Crippen molar-refractivity contribution in [3.8, 4) is 0 Å². The van der Waals surface area contributed by atoms with Crippen LogP contribution in [0.4, 0.5) is 5.69 Å². The molecule has 1 unspecified atom stereocenters. The molecule has 1 atom stereocenters. The number of thioether (sulfide) groups is 1. The number of hydrogen-bond acceptors (Lipinski definition) is 2. The molecular formula is C21H17NS. The van der Waals surface area contributed by atoms with Gasteiger partial charge in [-0.1, -0.05) is 90.1 Å². The highest BCUT2D eigenvalue weighted by molar-refractivity contribution is 8.14. The predicted molar refractivity (Wildman–Crippen MR) is 99.7 cm³/mol. The zero-order valence-electron chi connectivity index (χ0n) is 12.9. The number of aryl methyl sites for hydroxylation is 1. The quantitative estimate of drug-likeness (QED) is 0.572. The molecule has 0 aliphatic carbocycles. The average molecular weight is 315 g/mol. The lowest BCUT2D eigenvalue weighted by molar-refractivity contribution is 1.15. The van der Waals surface area contributed by atoms with E-state index in [9.17, 15) is 0 Å². The molecule has 0 spiro atoms. The topological polar surface area (TPSA) is 12.4 Å². The summed E-state index contributed by atoms with van der Waals surface area (Å²) in [5, 5.41) is 1.39. The molecule has 112 valence electrons. The lowest BCUT2D eigenvalue weighted by Crippen LogP contribution is -2.08. The number of benzene rings is 3. The van der Waals surface area contributed by atoms with E-state index in [0.29, 0.717) is 5.25 Å². The van der Waals surface area contributed by atoms with Gasteiger partial charge in [-0.3, -0.25) is 0 Å². The summed E-state index contributed by atoms with van der Waals surface area (Å²) in [6.07, 6.45) is 0. The first-order valence-corrected chi connectivity index (χ1v) is 8.65. The van der Waals surface area contributed by atoms with Crippen LogP contribution < -0.4 is 0 Å². The fraction of sp³-hybridized carbons (Fsp3) is 0.0952. The maximum Gasteiger partial charge on any atom is 0.105 e. The highest BCUT2D eigenvalue weighted by Crippen LogP contribution is 2.46. The first kappa shape index (κ1) is 14.3. The molecule has 0 saturated carbocycles. The Morgan fingerprint density at radius 3 is 2.26 bits per heavy atom. The summed E-state index contributed by atoms with van der Waals surface area (Å²) in [6, 6.07) is 27.8. The van der Waals surface area contributed by atoms with E-state index in [2.05, 4.69) is 85.8 Å². The molecule has 3 aromatic carbocycles. The minimum atomic E-state index is 0.293. The van der Waals surface area contributed by atoms with Crippen LogP contribution in [-0.4, -0.2) is 5.04 Å². The molecule has 0 saturated heterocycles. The van der Waals surface area contributed by atoms with Crippen molar-refractivity contribution < 1.29 is 0 Å². The highest BCUT2D eigenvalue weighted by atomic mass is 32.2. The molecule has 0 radical (unpaired) electrons. The zero-order chi connectivity index (χ0) is 15.6. The van der Waals surface area contributed by atoms with Gasteiger partial charge in [-0.05, 0) is 24.1 Å². The van der Waals surface area contributed by atoms with Crippen molar-refractivity contribution in [3.63, 3.8) is 0 Å². The Hall–Kier alpha value is -2.32. The standard InChI is InChI=1S/C21H17NS/c1-15-11-13-17(14-12-15)21-22-19-10-6-5-9-18(19)20(23-21)16-7-3-2-4-8-16/h2-14,20H,1H3. The number of para-hydroxylation sites is 1. The van der Waals surface area contributed by atoms with Crippen LogP contribution in [0.25, 0.3) is 0 Å².